The maximum atomic E-state index is 13.2. The zero-order chi connectivity index (χ0) is 20.8. The topological polar surface area (TPSA) is 26.3 Å². The molecule has 1 atom stereocenters. The summed E-state index contributed by atoms with van der Waals surface area (Å²) in [6.07, 6.45) is 3.36. The first-order valence-electron chi connectivity index (χ1n) is 10.3. The molecule has 29 heavy (non-hydrogen) atoms. The van der Waals surface area contributed by atoms with Crippen LogP contribution in [0.25, 0.3) is 0 Å². The molecule has 2 nitrogen and oxygen atoms in total. The molecule has 3 rings (SSSR count). The molecule has 0 saturated carbocycles. The van der Waals surface area contributed by atoms with E-state index in [-0.39, 0.29) is 5.75 Å². The highest BCUT2D eigenvalue weighted by Crippen LogP contribution is 2.35. The van der Waals surface area contributed by atoms with Crippen LogP contribution in [-0.4, -0.2) is 20.9 Å². The van der Waals surface area contributed by atoms with Crippen molar-refractivity contribution in [3.63, 3.8) is 0 Å². The first-order valence-corrected chi connectivity index (χ1v) is 12.8. The molecule has 2 aromatic rings. The minimum absolute atomic E-state index is 0.0246. The third kappa shape index (κ3) is 6.20. The summed E-state index contributed by atoms with van der Waals surface area (Å²) < 4.78 is 44.3. The normalized spacial score (nSPS) is 20.3. The lowest BCUT2D eigenvalue weighted by Crippen LogP contribution is -2.20. The number of hydrogen-bond acceptors (Lipinski definition) is 2. The van der Waals surface area contributed by atoms with Gasteiger partial charge < -0.3 is 4.74 Å². The quantitative estimate of drug-likeness (QED) is 0.293. The van der Waals surface area contributed by atoms with E-state index in [0.29, 0.717) is 17.9 Å². The Morgan fingerprint density at radius 2 is 1.79 bits per heavy atom. The van der Waals surface area contributed by atoms with Gasteiger partial charge in [0.15, 0.2) is 11.6 Å². The molecule has 0 N–H and O–H groups in total. The Bertz CT molecular complexity index is 815. The lowest BCUT2D eigenvalue weighted by Gasteiger charge is -2.28. The van der Waals surface area contributed by atoms with Crippen molar-refractivity contribution in [1.29, 1.82) is 0 Å². The lowest BCUT2D eigenvalue weighted by molar-refractivity contribution is 0.0734. The van der Waals surface area contributed by atoms with Crippen molar-refractivity contribution < 1.29 is 22.7 Å². The van der Waals surface area contributed by atoms with E-state index in [1.807, 2.05) is 12.1 Å². The Labute approximate surface area is 171 Å². The van der Waals surface area contributed by atoms with Gasteiger partial charge in [0.1, 0.15) is 5.75 Å². The molecule has 0 aliphatic carbocycles. The molecule has 0 spiro atoms. The van der Waals surface area contributed by atoms with Gasteiger partial charge in [-0.1, -0.05) is 36.7 Å². The second-order valence-corrected chi connectivity index (χ2v) is 11.5. The van der Waals surface area contributed by atoms with Crippen molar-refractivity contribution in [2.24, 2.45) is 0 Å². The van der Waals surface area contributed by atoms with Gasteiger partial charge in [-0.2, -0.15) is 0 Å². The van der Waals surface area contributed by atoms with Crippen LogP contribution in [0.5, 0.6) is 5.75 Å². The number of rotatable bonds is 7. The van der Waals surface area contributed by atoms with Crippen LogP contribution in [0.15, 0.2) is 42.5 Å². The van der Waals surface area contributed by atoms with Gasteiger partial charge >= 0.3 is 5.97 Å². The molecule has 0 bridgehead atoms. The molecule has 6 heteroatoms. The van der Waals surface area contributed by atoms with E-state index in [1.54, 1.807) is 19.1 Å². The minimum atomic E-state index is -1.05. The molecule has 1 unspecified atom stereocenters. The van der Waals surface area contributed by atoms with Crippen LogP contribution in [0.2, 0.25) is 18.1 Å². The van der Waals surface area contributed by atoms with Crippen LogP contribution in [-0.2, 0) is 0 Å². The summed E-state index contributed by atoms with van der Waals surface area (Å²) in [7, 11) is -0.719. The SMILES string of the molecule is CC(F)CCC[SiH]1CCC(c2ccc(C(=O)Oc3ccc(F)c(F)c3)cc2)CC1. The molecule has 1 aliphatic rings. The van der Waals surface area contributed by atoms with E-state index in [9.17, 15) is 18.0 Å². The highest BCUT2D eigenvalue weighted by atomic mass is 28.3. The van der Waals surface area contributed by atoms with Gasteiger partial charge in [0.2, 0.25) is 0 Å². The van der Waals surface area contributed by atoms with Crippen molar-refractivity contribution in [1.82, 2.24) is 0 Å². The van der Waals surface area contributed by atoms with Crippen molar-refractivity contribution in [2.45, 2.75) is 62.8 Å². The van der Waals surface area contributed by atoms with E-state index < -0.39 is 32.6 Å². The second kappa shape index (κ2) is 10.1. The average molecular weight is 421 g/mol. The van der Waals surface area contributed by atoms with E-state index in [2.05, 4.69) is 0 Å². The average Bonchev–Trinajstić information content (AvgIpc) is 2.71. The predicted octanol–water partition coefficient (Wildman–Crippen LogP) is 6.43. The Kier molecular flexibility index (Phi) is 7.53. The van der Waals surface area contributed by atoms with E-state index in [0.717, 1.165) is 18.6 Å². The van der Waals surface area contributed by atoms with Crippen molar-refractivity contribution in [2.75, 3.05) is 0 Å². The number of carbonyl (C=O) groups is 1. The first-order chi connectivity index (χ1) is 13.9. The largest absolute Gasteiger partial charge is 0.423 e. The number of carbonyl (C=O) groups excluding carboxylic acids is 1. The molecular weight excluding hydrogens is 393 g/mol. The highest BCUT2D eigenvalue weighted by Gasteiger charge is 2.23. The van der Waals surface area contributed by atoms with Crippen molar-refractivity contribution in [3.05, 3.63) is 65.2 Å². The molecular formula is C23H27F3O2Si. The minimum Gasteiger partial charge on any atom is -0.423 e. The lowest BCUT2D eigenvalue weighted by atomic mass is 9.93. The zero-order valence-corrected chi connectivity index (χ0v) is 17.8. The number of halogens is 3. The number of esters is 1. The molecule has 1 fully saturated rings. The van der Waals surface area contributed by atoms with Gasteiger partial charge in [-0.15, -0.1) is 0 Å². The smallest absolute Gasteiger partial charge is 0.343 e. The summed E-state index contributed by atoms with van der Waals surface area (Å²) >= 11 is 0. The summed E-state index contributed by atoms with van der Waals surface area (Å²) in [6.45, 7) is 1.63. The number of alkyl halides is 1. The monoisotopic (exact) mass is 420 g/mol. The van der Waals surface area contributed by atoms with Gasteiger partial charge in [0, 0.05) is 14.9 Å². The van der Waals surface area contributed by atoms with E-state index >= 15 is 0 Å². The second-order valence-electron chi connectivity index (χ2n) is 8.02. The number of ether oxygens (including phenoxy) is 1. The van der Waals surface area contributed by atoms with Crippen LogP contribution < -0.4 is 4.74 Å². The Balaban J connectivity index is 1.51. The van der Waals surface area contributed by atoms with Crippen LogP contribution >= 0.6 is 0 Å². The summed E-state index contributed by atoms with van der Waals surface area (Å²) in [5.41, 5.74) is 1.60. The van der Waals surface area contributed by atoms with Crippen LogP contribution in [0.4, 0.5) is 13.2 Å². The number of hydrogen-bond donors (Lipinski definition) is 0. The Morgan fingerprint density at radius 1 is 1.10 bits per heavy atom. The summed E-state index contributed by atoms with van der Waals surface area (Å²) in [6, 6.07) is 14.2. The maximum Gasteiger partial charge on any atom is 0.343 e. The van der Waals surface area contributed by atoms with E-state index in [1.165, 1.54) is 42.6 Å². The fourth-order valence-corrected chi connectivity index (χ4v) is 7.50. The zero-order valence-electron chi connectivity index (χ0n) is 16.7. The molecule has 0 radical (unpaired) electrons. The third-order valence-electron chi connectivity index (χ3n) is 5.78. The summed E-state index contributed by atoms with van der Waals surface area (Å²) in [5, 5.41) is 0. The van der Waals surface area contributed by atoms with Crippen LogP contribution in [0, 0.1) is 11.6 Å². The molecule has 1 heterocycles. The Hall–Kier alpha value is -2.08. The summed E-state index contributed by atoms with van der Waals surface area (Å²) in [5.74, 6) is -2.15. The molecule has 0 aromatic heterocycles. The van der Waals surface area contributed by atoms with Gasteiger partial charge in [-0.25, -0.2) is 18.0 Å². The van der Waals surface area contributed by atoms with E-state index in [4.69, 9.17) is 4.74 Å². The number of benzene rings is 2. The van der Waals surface area contributed by atoms with Gasteiger partial charge in [0.25, 0.3) is 0 Å². The fraction of sp³-hybridized carbons (Fsp3) is 0.435. The Morgan fingerprint density at radius 3 is 2.41 bits per heavy atom. The maximum absolute atomic E-state index is 13.2. The van der Waals surface area contributed by atoms with Gasteiger partial charge in [0.05, 0.1) is 11.7 Å². The first kappa shape index (κ1) is 21.6. The van der Waals surface area contributed by atoms with Crippen LogP contribution in [0.3, 0.4) is 0 Å². The molecule has 1 aliphatic heterocycles. The third-order valence-corrected chi connectivity index (χ3v) is 9.30. The summed E-state index contributed by atoms with van der Waals surface area (Å²) in [4.78, 5) is 12.2. The van der Waals surface area contributed by atoms with Crippen LogP contribution in [0.1, 0.15) is 54.4 Å². The fourth-order valence-electron chi connectivity index (χ4n) is 4.07. The molecule has 156 valence electrons. The standard InChI is InChI=1S/C23H27F3O2Si/c1-16(24)3-2-12-29-13-10-18(11-14-29)17-4-6-19(7-5-17)23(27)28-20-8-9-21(25)22(26)15-20/h4-9,15-16,18,29H,2-3,10-14H2,1H3. The van der Waals surface area contributed by atoms with Gasteiger partial charge in [-0.3, -0.25) is 0 Å². The molecule has 2 aromatic carbocycles. The van der Waals surface area contributed by atoms with Gasteiger partial charge in [-0.05, 0) is 61.9 Å². The van der Waals surface area contributed by atoms with Crippen molar-refractivity contribution >= 4 is 14.8 Å². The molecule has 0 amide bonds. The van der Waals surface area contributed by atoms with Crippen molar-refractivity contribution in [3.8, 4) is 5.75 Å². The predicted molar refractivity (Wildman–Crippen MR) is 111 cm³/mol. The highest BCUT2D eigenvalue weighted by molar-refractivity contribution is 6.59. The molecule has 1 saturated heterocycles.